The van der Waals surface area contributed by atoms with Gasteiger partial charge in [-0.3, -0.25) is 10.1 Å². The second-order valence-corrected chi connectivity index (χ2v) is 9.14. The van der Waals surface area contributed by atoms with Crippen LogP contribution < -0.4 is 16.4 Å². The molecule has 0 amide bonds. The third kappa shape index (κ3) is 5.89. The molecule has 0 aliphatic rings. The van der Waals surface area contributed by atoms with Crippen molar-refractivity contribution in [1.82, 2.24) is 24.9 Å². The number of pyridine rings is 1. The molecule has 13 heteroatoms. The molecule has 0 aliphatic heterocycles. The number of benzene rings is 2. The number of nitrogens with zero attached hydrogens (tertiary/aromatic N) is 5. The fourth-order valence-corrected chi connectivity index (χ4v) is 4.33. The van der Waals surface area contributed by atoms with E-state index in [4.69, 9.17) is 38.9 Å². The molecule has 2 aromatic carbocycles. The van der Waals surface area contributed by atoms with Gasteiger partial charge in [0.05, 0.1) is 26.9 Å². The number of hydrogen-bond acceptors (Lipinski definition) is 9. The van der Waals surface area contributed by atoms with Crippen LogP contribution in [0, 0.1) is 10.1 Å². The lowest BCUT2D eigenvalue weighted by molar-refractivity contribution is -0.384. The van der Waals surface area contributed by atoms with Gasteiger partial charge in [-0.25, -0.2) is 19.9 Å². The van der Waals surface area contributed by atoms with Gasteiger partial charge in [0.25, 0.3) is 0 Å². The molecular weight excluding hydrogens is 541 g/mol. The summed E-state index contributed by atoms with van der Waals surface area (Å²) in [5.41, 5.74) is 9.07. The fourth-order valence-electron chi connectivity index (χ4n) is 3.83. The maximum absolute atomic E-state index is 10.9. The summed E-state index contributed by atoms with van der Waals surface area (Å²) in [5.74, 6) is 1.21. The summed E-state index contributed by atoms with van der Waals surface area (Å²) in [6.07, 6.45) is 3.50. The van der Waals surface area contributed by atoms with Crippen LogP contribution in [0.3, 0.4) is 0 Å². The van der Waals surface area contributed by atoms with Crippen LogP contribution in [-0.4, -0.2) is 42.9 Å². The number of nitrogens with two attached hydrogens (primary N) is 1. The molecule has 5 N–H and O–H groups in total. The molecule has 3 heterocycles. The van der Waals surface area contributed by atoms with Gasteiger partial charge >= 0.3 is 5.69 Å². The average Bonchev–Trinajstić information content (AvgIpc) is 3.42. The Morgan fingerprint density at radius 1 is 0.949 bits per heavy atom. The topological polar surface area (TPSA) is 161 Å². The number of hydrogen-bond donors (Lipinski definition) is 4. The van der Waals surface area contributed by atoms with Crippen molar-refractivity contribution >= 4 is 46.5 Å². The molecule has 0 spiro atoms. The summed E-state index contributed by atoms with van der Waals surface area (Å²) in [5, 5.41) is 18.1. The summed E-state index contributed by atoms with van der Waals surface area (Å²) in [6, 6.07) is 17.8. The van der Waals surface area contributed by atoms with Gasteiger partial charge in [-0.1, -0.05) is 53.5 Å². The molecule has 5 rings (SSSR count). The van der Waals surface area contributed by atoms with Crippen molar-refractivity contribution in [2.75, 3.05) is 29.5 Å². The molecule has 196 valence electrons. The zero-order valence-electron chi connectivity index (χ0n) is 20.2. The first-order valence-electron chi connectivity index (χ1n) is 11.7. The van der Waals surface area contributed by atoms with Crippen molar-refractivity contribution in [2.45, 2.75) is 0 Å². The normalized spacial score (nSPS) is 10.8. The average molecular weight is 562 g/mol. The minimum absolute atomic E-state index is 0.158. The molecule has 0 radical (unpaired) electrons. The van der Waals surface area contributed by atoms with Crippen molar-refractivity contribution in [2.24, 2.45) is 0 Å². The number of nitro groups is 1. The minimum Gasteiger partial charge on any atom is -0.378 e. The van der Waals surface area contributed by atoms with Crippen molar-refractivity contribution in [3.05, 3.63) is 93.2 Å². The Morgan fingerprint density at radius 2 is 1.74 bits per heavy atom. The Bertz CT molecular complexity index is 1640. The second kappa shape index (κ2) is 11.3. The lowest BCUT2D eigenvalue weighted by Crippen LogP contribution is -2.16. The SMILES string of the molecule is Nc1nc(NCCNc2ncc(-c3nc(-c4ccccc4)c[nH]3)c(-c3ccc(Cl)cc3Cl)n2)ccc1[N+](=O)[O-]. The number of aromatic nitrogens is 5. The number of nitrogen functional groups attached to an aromatic ring is 1. The predicted molar refractivity (Wildman–Crippen MR) is 153 cm³/mol. The van der Waals surface area contributed by atoms with E-state index in [1.54, 1.807) is 24.4 Å². The molecule has 0 atom stereocenters. The van der Waals surface area contributed by atoms with Crippen LogP contribution in [0.5, 0.6) is 0 Å². The second-order valence-electron chi connectivity index (χ2n) is 8.29. The van der Waals surface area contributed by atoms with Gasteiger partial charge in [0, 0.05) is 47.7 Å². The van der Waals surface area contributed by atoms with E-state index in [1.165, 1.54) is 12.1 Å². The van der Waals surface area contributed by atoms with Crippen LogP contribution in [-0.2, 0) is 0 Å². The van der Waals surface area contributed by atoms with Crippen LogP contribution in [0.1, 0.15) is 0 Å². The molecule has 3 aromatic heterocycles. The van der Waals surface area contributed by atoms with Gasteiger partial charge in [-0.2, -0.15) is 0 Å². The first kappa shape index (κ1) is 25.9. The molecule has 0 saturated carbocycles. The Morgan fingerprint density at radius 3 is 2.49 bits per heavy atom. The van der Waals surface area contributed by atoms with Gasteiger partial charge in [0.1, 0.15) is 11.6 Å². The summed E-state index contributed by atoms with van der Waals surface area (Å²) < 4.78 is 0. The van der Waals surface area contributed by atoms with Crippen LogP contribution in [0.2, 0.25) is 10.0 Å². The summed E-state index contributed by atoms with van der Waals surface area (Å²) in [7, 11) is 0. The van der Waals surface area contributed by atoms with Crippen LogP contribution >= 0.6 is 23.2 Å². The zero-order chi connectivity index (χ0) is 27.4. The molecule has 5 aromatic rings. The van der Waals surface area contributed by atoms with Crippen molar-refractivity contribution in [3.8, 4) is 33.9 Å². The van der Waals surface area contributed by atoms with E-state index in [-0.39, 0.29) is 11.5 Å². The van der Waals surface area contributed by atoms with Crippen LogP contribution in [0.25, 0.3) is 33.9 Å². The third-order valence-corrected chi connectivity index (χ3v) is 6.24. The van der Waals surface area contributed by atoms with E-state index in [2.05, 4.69) is 25.6 Å². The number of rotatable bonds is 9. The van der Waals surface area contributed by atoms with E-state index < -0.39 is 4.92 Å². The number of aromatic amines is 1. The fraction of sp³-hybridized carbons (Fsp3) is 0.0769. The molecule has 0 aliphatic carbocycles. The van der Waals surface area contributed by atoms with Gasteiger partial charge in [-0.15, -0.1) is 0 Å². The lowest BCUT2D eigenvalue weighted by atomic mass is 10.1. The van der Waals surface area contributed by atoms with Gasteiger partial charge in [0.2, 0.25) is 11.8 Å². The molecule has 0 bridgehead atoms. The zero-order valence-corrected chi connectivity index (χ0v) is 21.7. The van der Waals surface area contributed by atoms with Crippen molar-refractivity contribution in [1.29, 1.82) is 0 Å². The van der Waals surface area contributed by atoms with E-state index in [9.17, 15) is 10.1 Å². The van der Waals surface area contributed by atoms with E-state index in [1.807, 2.05) is 36.5 Å². The van der Waals surface area contributed by atoms with Gasteiger partial charge in [-0.05, 0) is 24.3 Å². The number of nitrogens with one attached hydrogen (secondary N) is 3. The van der Waals surface area contributed by atoms with Gasteiger partial charge in [0.15, 0.2) is 0 Å². The van der Waals surface area contributed by atoms with Crippen molar-refractivity contribution < 1.29 is 4.92 Å². The van der Waals surface area contributed by atoms with Crippen LogP contribution in [0.4, 0.5) is 23.3 Å². The van der Waals surface area contributed by atoms with E-state index >= 15 is 0 Å². The molecular formula is C26H21Cl2N9O2. The third-order valence-electron chi connectivity index (χ3n) is 5.69. The predicted octanol–water partition coefficient (Wildman–Crippen LogP) is 5.92. The molecule has 0 saturated heterocycles. The van der Waals surface area contributed by atoms with E-state index in [0.29, 0.717) is 57.5 Å². The maximum Gasteiger partial charge on any atom is 0.311 e. The highest BCUT2D eigenvalue weighted by molar-refractivity contribution is 6.36. The molecule has 0 fully saturated rings. The molecule has 0 unspecified atom stereocenters. The maximum atomic E-state index is 10.9. The number of H-pyrrole nitrogens is 1. The highest BCUT2D eigenvalue weighted by atomic mass is 35.5. The highest BCUT2D eigenvalue weighted by Crippen LogP contribution is 2.35. The first-order valence-corrected chi connectivity index (χ1v) is 12.5. The highest BCUT2D eigenvalue weighted by Gasteiger charge is 2.18. The van der Waals surface area contributed by atoms with Crippen LogP contribution in [0.15, 0.2) is 73.1 Å². The van der Waals surface area contributed by atoms with E-state index in [0.717, 1.165) is 11.3 Å². The standard InChI is InChI=1S/C26H21Cl2N9O2/c27-16-6-7-17(19(28)12-16)23-18(25-32-14-20(34-25)15-4-2-1-3-5-15)13-33-26(36-23)31-11-10-30-22-9-8-21(37(38)39)24(29)35-22/h1-9,12-14H,10-11H2,(H,32,34)(H3,29,30,35)(H,31,33,36). The molecule has 39 heavy (non-hydrogen) atoms. The quantitative estimate of drug-likeness (QED) is 0.0971. The lowest BCUT2D eigenvalue weighted by Gasteiger charge is -2.12. The Balaban J connectivity index is 1.37. The largest absolute Gasteiger partial charge is 0.378 e. The summed E-state index contributed by atoms with van der Waals surface area (Å²) in [6.45, 7) is 0.843. The van der Waals surface area contributed by atoms with Gasteiger partial charge < -0.3 is 21.4 Å². The summed E-state index contributed by atoms with van der Waals surface area (Å²) in [4.78, 5) is 31.5. The monoisotopic (exact) mass is 561 g/mol. The number of anilines is 3. The van der Waals surface area contributed by atoms with Crippen molar-refractivity contribution in [3.63, 3.8) is 0 Å². The minimum atomic E-state index is -0.579. The Hall–Kier alpha value is -4.74. The number of imidazole rings is 1. The molecule has 11 nitrogen and oxygen atoms in total. The summed E-state index contributed by atoms with van der Waals surface area (Å²) >= 11 is 12.7. The first-order chi connectivity index (χ1) is 18.9. The Kier molecular flexibility index (Phi) is 7.53. The number of halogens is 2. The Labute approximate surface area is 232 Å². The smallest absolute Gasteiger partial charge is 0.311 e.